The summed E-state index contributed by atoms with van der Waals surface area (Å²) >= 11 is 0. The average molecular weight is 469 g/mol. The summed E-state index contributed by atoms with van der Waals surface area (Å²) in [5, 5.41) is 12.3. The Labute approximate surface area is 202 Å². The van der Waals surface area contributed by atoms with Crippen molar-refractivity contribution >= 4 is 23.2 Å². The van der Waals surface area contributed by atoms with Gasteiger partial charge in [-0.25, -0.2) is 9.78 Å². The Morgan fingerprint density at radius 2 is 1.49 bits per heavy atom. The number of aliphatic carboxylic acids is 1. The number of anilines is 2. The predicted molar refractivity (Wildman–Crippen MR) is 135 cm³/mol. The first-order valence-corrected chi connectivity index (χ1v) is 10.7. The molecule has 0 spiro atoms. The van der Waals surface area contributed by atoms with Gasteiger partial charge in [0.05, 0.1) is 19.8 Å². The number of carboxylic acid groups (broad SMARTS) is 1. The third-order valence-corrected chi connectivity index (χ3v) is 5.41. The van der Waals surface area contributed by atoms with Crippen LogP contribution in [0.1, 0.15) is 11.1 Å². The van der Waals surface area contributed by atoms with Crippen LogP contribution in [0, 0.1) is 6.92 Å². The molecular weight excluding hydrogens is 444 g/mol. The van der Waals surface area contributed by atoms with E-state index in [1.54, 1.807) is 38.5 Å². The number of carboxylic acids is 1. The standard InChI is InChI=1S/C27H24N4O4/c1-16-15-22(35-4)13-14-23(16)25-29-24(19-7-11-21(34-3)12-8-19)30-27(31-25)28-20-9-5-18(6-10-20)17(2)26(32)33/h5-15H,2H2,1,3-4H3,(H,32,33)(H,28,29,30,31). The highest BCUT2D eigenvalue weighted by Gasteiger charge is 2.14. The number of carbonyl (C=O) groups is 1. The fourth-order valence-electron chi connectivity index (χ4n) is 3.44. The highest BCUT2D eigenvalue weighted by Crippen LogP contribution is 2.28. The monoisotopic (exact) mass is 468 g/mol. The second kappa shape index (κ2) is 10.0. The van der Waals surface area contributed by atoms with Gasteiger partial charge >= 0.3 is 5.97 Å². The summed E-state index contributed by atoms with van der Waals surface area (Å²) in [7, 11) is 3.24. The van der Waals surface area contributed by atoms with E-state index in [-0.39, 0.29) is 5.57 Å². The molecule has 1 aromatic heterocycles. The highest BCUT2D eigenvalue weighted by molar-refractivity contribution is 6.14. The van der Waals surface area contributed by atoms with E-state index in [1.807, 2.05) is 49.4 Å². The molecule has 3 aromatic carbocycles. The van der Waals surface area contributed by atoms with Gasteiger partial charge in [-0.1, -0.05) is 18.7 Å². The van der Waals surface area contributed by atoms with Crippen LogP contribution in [-0.2, 0) is 4.79 Å². The van der Waals surface area contributed by atoms with Crippen LogP contribution in [0.4, 0.5) is 11.6 Å². The summed E-state index contributed by atoms with van der Waals surface area (Å²) in [6.07, 6.45) is 0. The van der Waals surface area contributed by atoms with Crippen molar-refractivity contribution in [1.29, 1.82) is 0 Å². The molecule has 0 fully saturated rings. The quantitative estimate of drug-likeness (QED) is 0.332. The zero-order valence-electron chi connectivity index (χ0n) is 19.6. The van der Waals surface area contributed by atoms with Gasteiger partial charge in [0, 0.05) is 16.8 Å². The Bertz CT molecular complexity index is 1380. The van der Waals surface area contributed by atoms with Gasteiger partial charge in [-0.05, 0) is 72.6 Å². The summed E-state index contributed by atoms with van der Waals surface area (Å²) in [5.74, 6) is 1.76. The van der Waals surface area contributed by atoms with Crippen LogP contribution in [0.25, 0.3) is 28.3 Å². The van der Waals surface area contributed by atoms with Crippen molar-refractivity contribution in [2.75, 3.05) is 19.5 Å². The molecule has 4 aromatic rings. The Morgan fingerprint density at radius 1 is 0.857 bits per heavy atom. The molecule has 0 saturated heterocycles. The van der Waals surface area contributed by atoms with Crippen LogP contribution < -0.4 is 14.8 Å². The minimum absolute atomic E-state index is 0.0239. The number of hydrogen-bond donors (Lipinski definition) is 2. The lowest BCUT2D eigenvalue weighted by Crippen LogP contribution is -2.04. The van der Waals surface area contributed by atoms with E-state index in [4.69, 9.17) is 19.6 Å². The molecule has 2 N–H and O–H groups in total. The van der Waals surface area contributed by atoms with Crippen molar-refractivity contribution in [3.63, 3.8) is 0 Å². The van der Waals surface area contributed by atoms with Crippen LogP contribution in [-0.4, -0.2) is 40.2 Å². The molecule has 0 atom stereocenters. The third kappa shape index (κ3) is 5.27. The van der Waals surface area contributed by atoms with Gasteiger partial charge in [0.25, 0.3) is 0 Å². The first-order valence-electron chi connectivity index (χ1n) is 10.7. The summed E-state index contributed by atoms with van der Waals surface area (Å²) in [5.41, 5.74) is 3.84. The van der Waals surface area contributed by atoms with Crippen LogP contribution in [0.2, 0.25) is 0 Å². The van der Waals surface area contributed by atoms with E-state index in [1.165, 1.54) is 0 Å². The lowest BCUT2D eigenvalue weighted by Gasteiger charge is -2.12. The first kappa shape index (κ1) is 23.4. The van der Waals surface area contributed by atoms with Gasteiger partial charge in [0.15, 0.2) is 11.6 Å². The largest absolute Gasteiger partial charge is 0.497 e. The van der Waals surface area contributed by atoms with Crippen molar-refractivity contribution in [2.24, 2.45) is 0 Å². The number of hydrogen-bond acceptors (Lipinski definition) is 7. The fraction of sp³-hybridized carbons (Fsp3) is 0.111. The molecule has 0 unspecified atom stereocenters. The number of aryl methyl sites for hydroxylation is 1. The molecule has 0 aliphatic heterocycles. The molecule has 0 aliphatic carbocycles. The van der Waals surface area contributed by atoms with E-state index in [2.05, 4.69) is 21.9 Å². The molecule has 35 heavy (non-hydrogen) atoms. The zero-order valence-corrected chi connectivity index (χ0v) is 19.6. The second-order valence-electron chi connectivity index (χ2n) is 7.70. The zero-order chi connectivity index (χ0) is 24.9. The Morgan fingerprint density at radius 3 is 2.09 bits per heavy atom. The van der Waals surface area contributed by atoms with Crippen molar-refractivity contribution in [2.45, 2.75) is 6.92 Å². The second-order valence-corrected chi connectivity index (χ2v) is 7.70. The van der Waals surface area contributed by atoms with E-state index in [9.17, 15) is 4.79 Å². The van der Waals surface area contributed by atoms with Crippen molar-refractivity contribution in [1.82, 2.24) is 15.0 Å². The Balaban J connectivity index is 1.75. The molecule has 176 valence electrons. The first-order chi connectivity index (χ1) is 16.9. The number of nitrogens with one attached hydrogen (secondary N) is 1. The average Bonchev–Trinajstić information content (AvgIpc) is 2.88. The van der Waals surface area contributed by atoms with Gasteiger partial charge in [-0.2, -0.15) is 9.97 Å². The predicted octanol–water partition coefficient (Wildman–Crippen LogP) is 5.37. The Hall–Kier alpha value is -4.72. The lowest BCUT2D eigenvalue weighted by atomic mass is 10.1. The molecule has 0 bridgehead atoms. The van der Waals surface area contributed by atoms with E-state index in [0.717, 1.165) is 28.2 Å². The SMILES string of the molecule is C=C(C(=O)O)c1ccc(Nc2nc(-c3ccc(OC)cc3)nc(-c3ccc(OC)cc3C)n2)cc1. The number of nitrogens with zero attached hydrogens (tertiary/aromatic N) is 3. The summed E-state index contributed by atoms with van der Waals surface area (Å²) < 4.78 is 10.6. The molecule has 4 rings (SSSR count). The topological polar surface area (TPSA) is 106 Å². The maximum atomic E-state index is 11.2. The molecule has 8 heteroatoms. The van der Waals surface area contributed by atoms with Gasteiger partial charge < -0.3 is 19.9 Å². The lowest BCUT2D eigenvalue weighted by molar-refractivity contribution is -0.130. The number of aromatic nitrogens is 3. The molecule has 8 nitrogen and oxygen atoms in total. The van der Waals surface area contributed by atoms with Gasteiger partial charge in [-0.15, -0.1) is 0 Å². The molecule has 0 amide bonds. The van der Waals surface area contributed by atoms with Crippen molar-refractivity contribution < 1.29 is 19.4 Å². The number of methoxy groups -OCH3 is 2. The smallest absolute Gasteiger partial charge is 0.335 e. The number of ether oxygens (including phenoxy) is 2. The van der Waals surface area contributed by atoms with Gasteiger partial charge in [-0.3, -0.25) is 0 Å². The maximum absolute atomic E-state index is 11.2. The van der Waals surface area contributed by atoms with E-state index < -0.39 is 5.97 Å². The molecule has 0 saturated carbocycles. The Kier molecular flexibility index (Phi) is 6.73. The normalized spacial score (nSPS) is 10.5. The summed E-state index contributed by atoms with van der Waals surface area (Å²) in [6.45, 7) is 5.56. The molecule has 1 heterocycles. The molecule has 0 radical (unpaired) electrons. The molecular formula is C27H24N4O4. The van der Waals surface area contributed by atoms with Crippen LogP contribution in [0.3, 0.4) is 0 Å². The van der Waals surface area contributed by atoms with Crippen molar-refractivity contribution in [3.05, 3.63) is 84.4 Å². The van der Waals surface area contributed by atoms with Gasteiger partial charge in [0.1, 0.15) is 11.5 Å². The minimum Gasteiger partial charge on any atom is -0.497 e. The van der Waals surface area contributed by atoms with E-state index in [0.29, 0.717) is 28.8 Å². The third-order valence-electron chi connectivity index (χ3n) is 5.41. The summed E-state index contributed by atoms with van der Waals surface area (Å²) in [4.78, 5) is 25.2. The van der Waals surface area contributed by atoms with Crippen LogP contribution >= 0.6 is 0 Å². The number of rotatable bonds is 8. The fourth-order valence-corrected chi connectivity index (χ4v) is 3.44. The van der Waals surface area contributed by atoms with Gasteiger partial charge in [0.2, 0.25) is 5.95 Å². The summed E-state index contributed by atoms with van der Waals surface area (Å²) in [6, 6.07) is 20.0. The van der Waals surface area contributed by atoms with Crippen LogP contribution in [0.15, 0.2) is 73.3 Å². The van der Waals surface area contributed by atoms with Crippen molar-refractivity contribution in [3.8, 4) is 34.3 Å². The number of benzene rings is 3. The molecule has 0 aliphatic rings. The highest BCUT2D eigenvalue weighted by atomic mass is 16.5. The minimum atomic E-state index is -1.06. The van der Waals surface area contributed by atoms with E-state index >= 15 is 0 Å². The maximum Gasteiger partial charge on any atom is 0.335 e. The van der Waals surface area contributed by atoms with Crippen LogP contribution in [0.5, 0.6) is 11.5 Å².